The molecule has 3 N–H and O–H groups in total. The minimum absolute atomic E-state index is 0.126. The van der Waals surface area contributed by atoms with E-state index in [-0.39, 0.29) is 17.8 Å². The number of nitrogens with two attached hydrogens (primary N) is 1. The summed E-state index contributed by atoms with van der Waals surface area (Å²) < 4.78 is 26.7. The summed E-state index contributed by atoms with van der Waals surface area (Å²) in [6.45, 7) is 1.21. The van der Waals surface area contributed by atoms with Crippen LogP contribution in [0.1, 0.15) is 38.5 Å². The predicted molar refractivity (Wildman–Crippen MR) is 73.0 cm³/mol. The van der Waals surface area contributed by atoms with Gasteiger partial charge in [0.25, 0.3) is 0 Å². The van der Waals surface area contributed by atoms with Crippen molar-refractivity contribution in [2.75, 3.05) is 19.6 Å². The van der Waals surface area contributed by atoms with Gasteiger partial charge in [-0.2, -0.15) is 4.31 Å². The van der Waals surface area contributed by atoms with E-state index in [9.17, 15) is 13.2 Å². The monoisotopic (exact) mass is 289 g/mol. The number of rotatable bonds is 5. The Morgan fingerprint density at radius 3 is 2.42 bits per heavy atom. The third-order valence-corrected chi connectivity index (χ3v) is 6.45. The Hall–Kier alpha value is -0.660. The number of primary amides is 1. The van der Waals surface area contributed by atoms with Crippen LogP contribution in [0, 0.1) is 0 Å². The minimum Gasteiger partial charge on any atom is -0.369 e. The molecule has 1 amide bonds. The van der Waals surface area contributed by atoms with E-state index in [0.29, 0.717) is 19.4 Å². The Morgan fingerprint density at radius 1 is 1.21 bits per heavy atom. The zero-order chi connectivity index (χ0) is 13.9. The number of amides is 1. The van der Waals surface area contributed by atoms with E-state index in [0.717, 1.165) is 32.2 Å². The first-order valence-corrected chi connectivity index (χ1v) is 8.52. The van der Waals surface area contributed by atoms with E-state index in [1.165, 1.54) is 4.31 Å². The van der Waals surface area contributed by atoms with Crippen LogP contribution in [-0.2, 0) is 14.8 Å². The molecule has 2 fully saturated rings. The molecule has 6 nitrogen and oxygen atoms in total. The zero-order valence-electron chi connectivity index (χ0n) is 11.2. The lowest BCUT2D eigenvalue weighted by Crippen LogP contribution is -2.49. The Kier molecular flexibility index (Phi) is 4.81. The van der Waals surface area contributed by atoms with Crippen molar-refractivity contribution in [2.45, 2.75) is 49.8 Å². The zero-order valence-corrected chi connectivity index (χ0v) is 12.0. The second-order valence-electron chi connectivity index (χ2n) is 5.46. The van der Waals surface area contributed by atoms with Crippen molar-refractivity contribution < 1.29 is 13.2 Å². The lowest BCUT2D eigenvalue weighted by atomic mass is 10.0. The number of carbonyl (C=O) groups is 1. The van der Waals surface area contributed by atoms with Gasteiger partial charge in [-0.3, -0.25) is 4.79 Å². The van der Waals surface area contributed by atoms with Gasteiger partial charge in [-0.1, -0.05) is 19.3 Å². The molecule has 110 valence electrons. The maximum atomic E-state index is 12.7. The van der Waals surface area contributed by atoms with Crippen molar-refractivity contribution in [2.24, 2.45) is 5.73 Å². The highest BCUT2D eigenvalue weighted by atomic mass is 32.2. The molecular formula is C12H23N3O3S. The summed E-state index contributed by atoms with van der Waals surface area (Å²) in [5, 5.41) is 2.81. The molecule has 1 aliphatic heterocycles. The Bertz CT molecular complexity index is 412. The molecule has 1 saturated heterocycles. The Balaban J connectivity index is 2.17. The average Bonchev–Trinajstić information content (AvgIpc) is 2.90. The molecule has 0 aromatic heterocycles. The van der Waals surface area contributed by atoms with Gasteiger partial charge < -0.3 is 11.1 Å². The van der Waals surface area contributed by atoms with Crippen molar-refractivity contribution in [1.29, 1.82) is 0 Å². The van der Waals surface area contributed by atoms with Crippen molar-refractivity contribution in [1.82, 2.24) is 9.62 Å². The van der Waals surface area contributed by atoms with Crippen LogP contribution in [0.2, 0.25) is 0 Å². The number of nitrogens with one attached hydrogen (secondary N) is 1. The fourth-order valence-corrected chi connectivity index (χ4v) is 5.23. The van der Waals surface area contributed by atoms with Gasteiger partial charge >= 0.3 is 0 Å². The van der Waals surface area contributed by atoms with E-state index >= 15 is 0 Å². The van der Waals surface area contributed by atoms with Crippen LogP contribution >= 0.6 is 0 Å². The molecule has 1 saturated carbocycles. The van der Waals surface area contributed by atoms with E-state index < -0.39 is 15.9 Å². The number of carbonyl (C=O) groups excluding carboxylic acids is 1. The molecule has 0 aromatic rings. The van der Waals surface area contributed by atoms with Gasteiger partial charge in [0.2, 0.25) is 15.9 Å². The van der Waals surface area contributed by atoms with Crippen LogP contribution in [0.3, 0.4) is 0 Å². The van der Waals surface area contributed by atoms with Crippen LogP contribution in [0.5, 0.6) is 0 Å². The number of nitrogens with zero attached hydrogens (tertiary/aromatic N) is 1. The number of hydrogen-bond donors (Lipinski definition) is 2. The first-order valence-electron chi connectivity index (χ1n) is 7.01. The van der Waals surface area contributed by atoms with Gasteiger partial charge in [-0.05, 0) is 25.8 Å². The average molecular weight is 289 g/mol. The van der Waals surface area contributed by atoms with Crippen LogP contribution in [-0.4, -0.2) is 49.6 Å². The fraction of sp³-hybridized carbons (Fsp3) is 0.917. The molecule has 2 rings (SSSR count). The van der Waals surface area contributed by atoms with E-state index in [1.807, 2.05) is 0 Å². The highest BCUT2D eigenvalue weighted by molar-refractivity contribution is 7.89. The van der Waals surface area contributed by atoms with Gasteiger partial charge in [-0.15, -0.1) is 0 Å². The van der Waals surface area contributed by atoms with Gasteiger partial charge in [0.1, 0.15) is 0 Å². The van der Waals surface area contributed by atoms with E-state index in [2.05, 4.69) is 5.32 Å². The summed E-state index contributed by atoms with van der Waals surface area (Å²) >= 11 is 0. The summed E-state index contributed by atoms with van der Waals surface area (Å²) in [6, 6.07) is -0.126. The van der Waals surface area contributed by atoms with E-state index in [1.54, 1.807) is 0 Å². The largest absolute Gasteiger partial charge is 0.369 e. The topological polar surface area (TPSA) is 92.5 Å². The molecule has 1 atom stereocenters. The van der Waals surface area contributed by atoms with Gasteiger partial charge in [0.05, 0.1) is 11.8 Å². The summed E-state index contributed by atoms with van der Waals surface area (Å²) in [7, 11) is -3.41. The van der Waals surface area contributed by atoms with E-state index in [4.69, 9.17) is 5.73 Å². The highest BCUT2D eigenvalue weighted by Gasteiger charge is 2.38. The van der Waals surface area contributed by atoms with Crippen LogP contribution in [0.4, 0.5) is 0 Å². The van der Waals surface area contributed by atoms with Gasteiger partial charge in [0, 0.05) is 12.6 Å². The van der Waals surface area contributed by atoms with Crippen LogP contribution < -0.4 is 11.1 Å². The molecule has 1 unspecified atom stereocenters. The van der Waals surface area contributed by atoms with Gasteiger partial charge in [-0.25, -0.2) is 8.42 Å². The second kappa shape index (κ2) is 6.19. The minimum atomic E-state index is -3.41. The molecule has 1 heterocycles. The predicted octanol–water partition coefficient (Wildman–Crippen LogP) is -0.202. The van der Waals surface area contributed by atoms with Crippen LogP contribution in [0.25, 0.3) is 0 Å². The molecule has 1 aliphatic carbocycles. The van der Waals surface area contributed by atoms with Crippen molar-refractivity contribution in [3.05, 3.63) is 0 Å². The lowest BCUT2D eigenvalue weighted by molar-refractivity contribution is -0.118. The Labute approximate surface area is 114 Å². The summed E-state index contributed by atoms with van der Waals surface area (Å²) in [5.41, 5.74) is 5.22. The summed E-state index contributed by atoms with van der Waals surface area (Å²) in [4.78, 5) is 11.2. The number of hydrogen-bond acceptors (Lipinski definition) is 4. The lowest BCUT2D eigenvalue weighted by Gasteiger charge is -2.32. The standard InChI is InChI=1S/C12H23N3O3S/c13-12(16)9-15(10-6-7-14-8-10)19(17,18)11-4-2-1-3-5-11/h10-11,14H,1-9H2,(H2,13,16). The van der Waals surface area contributed by atoms with Crippen molar-refractivity contribution in [3.8, 4) is 0 Å². The summed E-state index contributed by atoms with van der Waals surface area (Å²) in [5.74, 6) is -0.578. The third-order valence-electron chi connectivity index (χ3n) is 4.05. The second-order valence-corrected chi connectivity index (χ2v) is 7.63. The first-order chi connectivity index (χ1) is 9.01. The first kappa shape index (κ1) is 14.7. The molecule has 0 aromatic carbocycles. The maximum Gasteiger partial charge on any atom is 0.232 e. The smallest absolute Gasteiger partial charge is 0.232 e. The Morgan fingerprint density at radius 2 is 1.89 bits per heavy atom. The van der Waals surface area contributed by atoms with Crippen molar-refractivity contribution >= 4 is 15.9 Å². The molecule has 19 heavy (non-hydrogen) atoms. The SMILES string of the molecule is NC(=O)CN(C1CCNC1)S(=O)(=O)C1CCCCC1. The molecule has 0 radical (unpaired) electrons. The third kappa shape index (κ3) is 3.46. The summed E-state index contributed by atoms with van der Waals surface area (Å²) in [6.07, 6.45) is 5.18. The highest BCUT2D eigenvalue weighted by Crippen LogP contribution is 2.28. The normalized spacial score (nSPS) is 25.8. The number of sulfonamides is 1. The molecule has 7 heteroatoms. The molecule has 2 aliphatic rings. The maximum absolute atomic E-state index is 12.7. The quantitative estimate of drug-likeness (QED) is 0.733. The molecule has 0 spiro atoms. The van der Waals surface area contributed by atoms with Crippen LogP contribution in [0.15, 0.2) is 0 Å². The van der Waals surface area contributed by atoms with Gasteiger partial charge in [0.15, 0.2) is 0 Å². The molecule has 0 bridgehead atoms. The fourth-order valence-electron chi connectivity index (χ4n) is 3.02. The van der Waals surface area contributed by atoms with Crippen molar-refractivity contribution in [3.63, 3.8) is 0 Å². The molecular weight excluding hydrogens is 266 g/mol.